The van der Waals surface area contributed by atoms with Gasteiger partial charge in [0.05, 0.1) is 6.61 Å². The maximum atomic E-state index is 13.0. The summed E-state index contributed by atoms with van der Waals surface area (Å²) in [6, 6.07) is 4.64. The van der Waals surface area contributed by atoms with Crippen LogP contribution < -0.4 is 4.74 Å². The zero-order valence-corrected chi connectivity index (χ0v) is 7.77. The Morgan fingerprint density at radius 1 is 1.50 bits per heavy atom. The van der Waals surface area contributed by atoms with Crippen molar-refractivity contribution in [3.05, 3.63) is 24.0 Å². The quantitative estimate of drug-likeness (QED) is 0.714. The molecule has 1 aromatic carbocycles. The van der Waals surface area contributed by atoms with Crippen molar-refractivity contribution >= 4 is 12.6 Å². The third kappa shape index (κ3) is 2.41. The summed E-state index contributed by atoms with van der Waals surface area (Å²) in [5, 5.41) is 0. The van der Waals surface area contributed by atoms with Crippen LogP contribution in [0.3, 0.4) is 0 Å². The lowest BCUT2D eigenvalue weighted by Gasteiger charge is -2.05. The lowest BCUT2D eigenvalue weighted by Crippen LogP contribution is -1.96. The second kappa shape index (κ2) is 4.36. The van der Waals surface area contributed by atoms with Gasteiger partial charge in [0, 0.05) is 4.90 Å². The Kier molecular flexibility index (Phi) is 3.41. The number of hydrogen-bond donors (Lipinski definition) is 1. The van der Waals surface area contributed by atoms with E-state index in [1.165, 1.54) is 6.07 Å². The van der Waals surface area contributed by atoms with Crippen LogP contribution in [0.1, 0.15) is 13.3 Å². The number of rotatable bonds is 3. The molecule has 0 radical (unpaired) electrons. The minimum absolute atomic E-state index is 0.301. The van der Waals surface area contributed by atoms with E-state index < -0.39 is 0 Å². The minimum atomic E-state index is -0.351. The number of benzene rings is 1. The van der Waals surface area contributed by atoms with Crippen LogP contribution in [0.15, 0.2) is 23.1 Å². The predicted molar refractivity (Wildman–Crippen MR) is 49.4 cm³/mol. The van der Waals surface area contributed by atoms with Gasteiger partial charge in [-0.25, -0.2) is 4.39 Å². The first-order valence-electron chi connectivity index (χ1n) is 3.85. The molecule has 0 spiro atoms. The molecule has 0 amide bonds. The van der Waals surface area contributed by atoms with Gasteiger partial charge in [-0.2, -0.15) is 0 Å². The van der Waals surface area contributed by atoms with Crippen LogP contribution in [0.25, 0.3) is 0 Å². The average molecular weight is 186 g/mol. The molecule has 3 heteroatoms. The molecule has 0 saturated heterocycles. The Morgan fingerprint density at radius 2 is 2.25 bits per heavy atom. The van der Waals surface area contributed by atoms with Crippen molar-refractivity contribution in [1.82, 2.24) is 0 Å². The predicted octanol–water partition coefficient (Wildman–Crippen LogP) is 2.90. The fourth-order valence-corrected chi connectivity index (χ4v) is 1.01. The van der Waals surface area contributed by atoms with Gasteiger partial charge in [0.1, 0.15) is 0 Å². The molecule has 1 nitrogen and oxygen atoms in total. The van der Waals surface area contributed by atoms with Crippen LogP contribution in [0.2, 0.25) is 0 Å². The summed E-state index contributed by atoms with van der Waals surface area (Å²) in [6.45, 7) is 2.52. The average Bonchev–Trinajstić information content (AvgIpc) is 2.03. The van der Waals surface area contributed by atoms with Crippen LogP contribution in [0, 0.1) is 5.82 Å². The number of halogens is 1. The zero-order chi connectivity index (χ0) is 8.97. The summed E-state index contributed by atoms with van der Waals surface area (Å²) in [5.41, 5.74) is 0. The molecule has 0 N–H and O–H groups in total. The molecule has 0 aliphatic rings. The van der Waals surface area contributed by atoms with Crippen LogP contribution in [-0.2, 0) is 0 Å². The van der Waals surface area contributed by atoms with Gasteiger partial charge < -0.3 is 4.74 Å². The van der Waals surface area contributed by atoms with Gasteiger partial charge in [-0.1, -0.05) is 6.92 Å². The summed E-state index contributed by atoms with van der Waals surface area (Å²) in [7, 11) is 0. The number of ether oxygens (including phenoxy) is 1. The first kappa shape index (κ1) is 9.39. The molecule has 0 aromatic heterocycles. The summed E-state index contributed by atoms with van der Waals surface area (Å²) < 4.78 is 18.1. The molecule has 0 heterocycles. The van der Waals surface area contributed by atoms with Crippen LogP contribution >= 0.6 is 12.6 Å². The van der Waals surface area contributed by atoms with Gasteiger partial charge in [-0.05, 0) is 24.6 Å². The topological polar surface area (TPSA) is 9.23 Å². The fraction of sp³-hybridized carbons (Fsp3) is 0.333. The van der Waals surface area contributed by atoms with E-state index in [9.17, 15) is 4.39 Å². The smallest absolute Gasteiger partial charge is 0.166 e. The number of hydrogen-bond acceptors (Lipinski definition) is 2. The maximum Gasteiger partial charge on any atom is 0.166 e. The summed E-state index contributed by atoms with van der Waals surface area (Å²) in [5.74, 6) is -0.0504. The van der Waals surface area contributed by atoms with E-state index in [0.717, 1.165) is 6.42 Å². The third-order valence-corrected chi connectivity index (χ3v) is 1.66. The lowest BCUT2D eigenvalue weighted by molar-refractivity contribution is 0.301. The normalized spacial score (nSPS) is 9.92. The molecule has 66 valence electrons. The van der Waals surface area contributed by atoms with Gasteiger partial charge in [-0.15, -0.1) is 12.6 Å². The van der Waals surface area contributed by atoms with E-state index in [4.69, 9.17) is 4.74 Å². The standard InChI is InChI=1S/C9H11FOS/c1-2-5-11-9-4-3-7(12)6-8(9)10/h3-4,6,12H,2,5H2,1H3. The highest BCUT2D eigenvalue weighted by Crippen LogP contribution is 2.19. The third-order valence-electron chi connectivity index (χ3n) is 1.38. The molecule has 0 saturated carbocycles. The van der Waals surface area contributed by atoms with Gasteiger partial charge in [-0.3, -0.25) is 0 Å². The molecule has 1 rings (SSSR count). The van der Waals surface area contributed by atoms with Crippen molar-refractivity contribution in [2.75, 3.05) is 6.61 Å². The zero-order valence-electron chi connectivity index (χ0n) is 6.88. The van der Waals surface area contributed by atoms with Crippen molar-refractivity contribution in [3.63, 3.8) is 0 Å². The van der Waals surface area contributed by atoms with E-state index in [0.29, 0.717) is 17.3 Å². The molecular weight excluding hydrogens is 175 g/mol. The number of thiol groups is 1. The molecule has 1 aromatic rings. The van der Waals surface area contributed by atoms with Gasteiger partial charge in [0.25, 0.3) is 0 Å². The largest absolute Gasteiger partial charge is 0.491 e. The van der Waals surface area contributed by atoms with Crippen molar-refractivity contribution in [2.45, 2.75) is 18.2 Å². The monoisotopic (exact) mass is 186 g/mol. The summed E-state index contributed by atoms with van der Waals surface area (Å²) >= 11 is 4.00. The molecule has 0 aliphatic heterocycles. The van der Waals surface area contributed by atoms with Crippen LogP contribution in [0.4, 0.5) is 4.39 Å². The van der Waals surface area contributed by atoms with E-state index in [-0.39, 0.29) is 5.82 Å². The highest BCUT2D eigenvalue weighted by molar-refractivity contribution is 7.80. The molecule has 0 fully saturated rings. The van der Waals surface area contributed by atoms with E-state index >= 15 is 0 Å². The van der Waals surface area contributed by atoms with Gasteiger partial charge in [0.2, 0.25) is 0 Å². The van der Waals surface area contributed by atoms with Gasteiger partial charge in [0.15, 0.2) is 11.6 Å². The van der Waals surface area contributed by atoms with Crippen LogP contribution in [-0.4, -0.2) is 6.61 Å². The lowest BCUT2D eigenvalue weighted by atomic mass is 10.3. The summed E-state index contributed by atoms with van der Waals surface area (Å²) in [4.78, 5) is 0.608. The van der Waals surface area contributed by atoms with Crippen LogP contribution in [0.5, 0.6) is 5.75 Å². The van der Waals surface area contributed by atoms with Crippen molar-refractivity contribution in [3.8, 4) is 5.75 Å². The Labute approximate surface area is 77.0 Å². The molecule has 12 heavy (non-hydrogen) atoms. The van der Waals surface area contributed by atoms with E-state index in [1.807, 2.05) is 6.92 Å². The maximum absolute atomic E-state index is 13.0. The van der Waals surface area contributed by atoms with E-state index in [1.54, 1.807) is 12.1 Å². The van der Waals surface area contributed by atoms with Gasteiger partial charge >= 0.3 is 0 Å². The van der Waals surface area contributed by atoms with Crippen molar-refractivity contribution in [1.29, 1.82) is 0 Å². The SMILES string of the molecule is CCCOc1ccc(S)cc1F. The molecule has 0 bridgehead atoms. The second-order valence-electron chi connectivity index (χ2n) is 2.46. The highest BCUT2D eigenvalue weighted by Gasteiger charge is 2.01. The highest BCUT2D eigenvalue weighted by atomic mass is 32.1. The Balaban J connectivity index is 2.72. The Morgan fingerprint density at radius 3 is 2.83 bits per heavy atom. The van der Waals surface area contributed by atoms with E-state index in [2.05, 4.69) is 12.6 Å². The fourth-order valence-electron chi connectivity index (χ4n) is 0.819. The Bertz CT molecular complexity index is 263. The molecular formula is C9H11FOS. The molecule has 0 aliphatic carbocycles. The van der Waals surface area contributed by atoms with Crippen molar-refractivity contribution < 1.29 is 9.13 Å². The first-order valence-corrected chi connectivity index (χ1v) is 4.30. The minimum Gasteiger partial charge on any atom is -0.491 e. The van der Waals surface area contributed by atoms with Crippen molar-refractivity contribution in [2.24, 2.45) is 0 Å². The summed E-state index contributed by atoms with van der Waals surface area (Å²) in [6.07, 6.45) is 0.877. The second-order valence-corrected chi connectivity index (χ2v) is 2.98. The Hall–Kier alpha value is -0.700. The molecule has 0 unspecified atom stereocenters. The first-order chi connectivity index (χ1) is 5.74. The molecule has 0 atom stereocenters.